The lowest BCUT2D eigenvalue weighted by atomic mass is 9.75. The lowest BCUT2D eigenvalue weighted by Crippen LogP contribution is -2.48. The Morgan fingerprint density at radius 1 is 1.59 bits per heavy atom. The molecule has 0 radical (unpaired) electrons. The van der Waals surface area contributed by atoms with Crippen LogP contribution in [0.25, 0.3) is 0 Å². The van der Waals surface area contributed by atoms with E-state index >= 15 is 0 Å². The Balaban J connectivity index is 2.10. The monoisotopic (exact) mass is 325 g/mol. The first-order chi connectivity index (χ1) is 10.5. The van der Waals surface area contributed by atoms with Crippen molar-refractivity contribution in [1.29, 1.82) is 0 Å². The number of nitrogens with zero attached hydrogens (tertiary/aromatic N) is 1. The van der Waals surface area contributed by atoms with Crippen LogP contribution in [-0.4, -0.2) is 35.3 Å². The molecule has 3 rings (SSSR count). The van der Waals surface area contributed by atoms with Gasteiger partial charge in [-0.1, -0.05) is 11.8 Å². The third-order valence-electron chi connectivity index (χ3n) is 4.01. The van der Waals surface area contributed by atoms with Crippen LogP contribution in [0.4, 0.5) is 14.9 Å². The number of nitrogen functional groups attached to an aromatic ring is 1. The minimum Gasteiger partial charge on any atom is -0.465 e. The van der Waals surface area contributed by atoms with Gasteiger partial charge in [0.05, 0.1) is 12.1 Å². The van der Waals surface area contributed by atoms with E-state index in [4.69, 9.17) is 15.6 Å². The Kier molecular flexibility index (Phi) is 3.96. The molecule has 0 bridgehead atoms. The van der Waals surface area contributed by atoms with Crippen molar-refractivity contribution in [2.24, 2.45) is 10.9 Å². The van der Waals surface area contributed by atoms with Gasteiger partial charge in [-0.2, -0.15) is 0 Å². The van der Waals surface area contributed by atoms with Crippen LogP contribution in [0.15, 0.2) is 23.2 Å². The van der Waals surface area contributed by atoms with Gasteiger partial charge in [-0.15, -0.1) is 0 Å². The smallest absolute Gasteiger partial charge is 0.410 e. The third-order valence-corrected chi connectivity index (χ3v) is 5.05. The number of hydrogen-bond donors (Lipinski definition) is 3. The van der Waals surface area contributed by atoms with Gasteiger partial charge in [0.1, 0.15) is 5.82 Å². The fourth-order valence-corrected chi connectivity index (χ4v) is 4.08. The average molecular weight is 325 g/mol. The molecule has 4 N–H and O–H groups in total. The highest BCUT2D eigenvalue weighted by Crippen LogP contribution is 2.46. The molecule has 1 aromatic carbocycles. The van der Waals surface area contributed by atoms with Crippen molar-refractivity contribution in [3.05, 3.63) is 29.6 Å². The summed E-state index contributed by atoms with van der Waals surface area (Å²) in [6, 6.07) is 4.42. The van der Waals surface area contributed by atoms with E-state index in [0.29, 0.717) is 36.6 Å². The summed E-state index contributed by atoms with van der Waals surface area (Å²) in [4.78, 5) is 15.4. The molecule has 1 saturated heterocycles. The predicted octanol–water partition coefficient (Wildman–Crippen LogP) is 2.01. The summed E-state index contributed by atoms with van der Waals surface area (Å²) in [5.74, 6) is 0.196. The second-order valence-corrected chi connectivity index (χ2v) is 6.35. The first kappa shape index (κ1) is 15.1. The van der Waals surface area contributed by atoms with Gasteiger partial charge in [-0.05, 0) is 18.2 Å². The van der Waals surface area contributed by atoms with Gasteiger partial charge in [-0.3, -0.25) is 10.3 Å². The molecule has 0 saturated carbocycles. The van der Waals surface area contributed by atoms with Gasteiger partial charge < -0.3 is 15.6 Å². The number of amidine groups is 1. The molecule has 2 heterocycles. The van der Waals surface area contributed by atoms with Crippen LogP contribution in [0.1, 0.15) is 12.0 Å². The standard InChI is InChI=1S/C14H16FN3O3S/c15-11-2-1-9(16)5-10(11)14-3-4-21-6-8(14)7-22-12(18-14)17-13(19)20/h1-2,5,8H,3-4,6-7,16H2,(H,17,18)(H,19,20)/t8-,14+/m0/s1. The molecule has 2 aliphatic heterocycles. The second-order valence-electron chi connectivity index (χ2n) is 5.34. The minimum absolute atomic E-state index is 0.0260. The minimum atomic E-state index is -1.18. The number of ether oxygens (including phenoxy) is 1. The quantitative estimate of drug-likeness (QED) is 0.686. The third kappa shape index (κ3) is 2.64. The highest BCUT2D eigenvalue weighted by atomic mass is 32.2. The van der Waals surface area contributed by atoms with E-state index in [0.717, 1.165) is 0 Å². The maximum Gasteiger partial charge on any atom is 0.410 e. The van der Waals surface area contributed by atoms with Gasteiger partial charge in [0.2, 0.25) is 0 Å². The Morgan fingerprint density at radius 3 is 3.18 bits per heavy atom. The van der Waals surface area contributed by atoms with E-state index < -0.39 is 11.6 Å². The van der Waals surface area contributed by atoms with Crippen molar-refractivity contribution in [3.8, 4) is 0 Å². The largest absolute Gasteiger partial charge is 0.465 e. The Labute approximate surface area is 130 Å². The zero-order valence-corrected chi connectivity index (χ0v) is 12.5. The number of fused-ring (bicyclic) bond motifs is 1. The second kappa shape index (κ2) is 5.77. The topological polar surface area (TPSA) is 96.9 Å². The van der Waals surface area contributed by atoms with Crippen molar-refractivity contribution < 1.29 is 19.0 Å². The molecule has 1 aromatic rings. The highest BCUT2D eigenvalue weighted by molar-refractivity contribution is 8.13. The summed E-state index contributed by atoms with van der Waals surface area (Å²) in [6.07, 6.45) is -0.691. The average Bonchev–Trinajstić information content (AvgIpc) is 2.48. The van der Waals surface area contributed by atoms with Crippen LogP contribution in [0.5, 0.6) is 0 Å². The van der Waals surface area contributed by atoms with Crippen molar-refractivity contribution in [3.63, 3.8) is 0 Å². The molecular weight excluding hydrogens is 309 g/mol. The number of anilines is 1. The first-order valence-corrected chi connectivity index (χ1v) is 7.86. The molecule has 0 aliphatic carbocycles. The van der Waals surface area contributed by atoms with Gasteiger partial charge in [0.15, 0.2) is 5.17 Å². The number of hydrogen-bond acceptors (Lipinski definition) is 5. The van der Waals surface area contributed by atoms with Crippen molar-refractivity contribution in [2.45, 2.75) is 12.0 Å². The lowest BCUT2D eigenvalue weighted by molar-refractivity contribution is 0.00878. The van der Waals surface area contributed by atoms with E-state index in [1.165, 1.54) is 23.9 Å². The van der Waals surface area contributed by atoms with Crippen LogP contribution in [-0.2, 0) is 10.3 Å². The fraction of sp³-hybridized carbons (Fsp3) is 0.429. The number of nitrogens with one attached hydrogen (secondary N) is 1. The molecular formula is C14H16FN3O3S. The molecule has 0 aromatic heterocycles. The van der Waals surface area contributed by atoms with Gasteiger partial charge >= 0.3 is 6.09 Å². The number of halogens is 1. The van der Waals surface area contributed by atoms with Crippen LogP contribution in [0.3, 0.4) is 0 Å². The molecule has 2 aliphatic rings. The molecule has 0 spiro atoms. The summed E-state index contributed by atoms with van der Waals surface area (Å²) >= 11 is 1.30. The molecule has 1 fully saturated rings. The van der Waals surface area contributed by atoms with Crippen molar-refractivity contribution in [1.82, 2.24) is 5.32 Å². The fourth-order valence-electron chi connectivity index (χ4n) is 2.97. The molecule has 6 nitrogen and oxygen atoms in total. The van der Waals surface area contributed by atoms with Gasteiger partial charge in [-0.25, -0.2) is 9.18 Å². The number of rotatable bonds is 1. The molecule has 2 atom stereocenters. The summed E-state index contributed by atoms with van der Waals surface area (Å²) in [7, 11) is 0. The van der Waals surface area contributed by atoms with Crippen molar-refractivity contribution >= 4 is 28.7 Å². The van der Waals surface area contributed by atoms with Crippen LogP contribution >= 0.6 is 11.8 Å². The van der Waals surface area contributed by atoms with Gasteiger partial charge in [0, 0.05) is 35.9 Å². The van der Waals surface area contributed by atoms with E-state index in [9.17, 15) is 9.18 Å². The van der Waals surface area contributed by atoms with E-state index in [-0.39, 0.29) is 16.9 Å². The SMILES string of the molecule is Nc1ccc(F)c([C@@]23CCOC[C@H]2CSC(NC(=O)O)=N3)c1. The van der Waals surface area contributed by atoms with Crippen LogP contribution in [0, 0.1) is 11.7 Å². The number of benzene rings is 1. The summed E-state index contributed by atoms with van der Waals surface area (Å²) in [5, 5.41) is 11.5. The Bertz CT molecular complexity index is 640. The summed E-state index contributed by atoms with van der Waals surface area (Å²) in [6.45, 7) is 0.907. The normalized spacial score (nSPS) is 27.7. The number of nitrogens with two attached hydrogens (primary N) is 1. The van der Waals surface area contributed by atoms with E-state index in [1.54, 1.807) is 6.07 Å². The molecule has 0 unspecified atom stereocenters. The number of carboxylic acid groups (broad SMARTS) is 1. The number of amides is 1. The zero-order valence-electron chi connectivity index (χ0n) is 11.7. The Hall–Kier alpha value is -1.80. The number of thioether (sulfide) groups is 1. The molecule has 22 heavy (non-hydrogen) atoms. The molecule has 8 heteroatoms. The maximum absolute atomic E-state index is 14.4. The van der Waals surface area contributed by atoms with E-state index in [2.05, 4.69) is 10.3 Å². The number of aliphatic imine (C=N–C) groups is 1. The summed E-state index contributed by atoms with van der Waals surface area (Å²) in [5.41, 5.74) is 5.84. The lowest BCUT2D eigenvalue weighted by Gasteiger charge is -2.44. The summed E-state index contributed by atoms with van der Waals surface area (Å²) < 4.78 is 19.9. The predicted molar refractivity (Wildman–Crippen MR) is 82.5 cm³/mol. The zero-order chi connectivity index (χ0) is 15.7. The van der Waals surface area contributed by atoms with Crippen molar-refractivity contribution in [2.75, 3.05) is 24.7 Å². The van der Waals surface area contributed by atoms with E-state index in [1.807, 2.05) is 0 Å². The molecule has 1 amide bonds. The van der Waals surface area contributed by atoms with Crippen LogP contribution < -0.4 is 11.1 Å². The highest BCUT2D eigenvalue weighted by Gasteiger charge is 2.47. The van der Waals surface area contributed by atoms with Gasteiger partial charge in [0.25, 0.3) is 0 Å². The molecule has 118 valence electrons. The number of carbonyl (C=O) groups is 1. The maximum atomic E-state index is 14.4. The van der Waals surface area contributed by atoms with Crippen LogP contribution in [0.2, 0.25) is 0 Å². The first-order valence-electron chi connectivity index (χ1n) is 6.87. The Morgan fingerprint density at radius 2 is 2.41 bits per heavy atom.